The first-order chi connectivity index (χ1) is 17.7. The highest BCUT2D eigenvalue weighted by atomic mass is 35.5. The summed E-state index contributed by atoms with van der Waals surface area (Å²) < 4.78 is 11.7. The van der Waals surface area contributed by atoms with Gasteiger partial charge in [-0.15, -0.1) is 11.3 Å². The molecule has 0 fully saturated rings. The number of hydrogen-bond acceptors (Lipinski definition) is 6. The quantitative estimate of drug-likeness (QED) is 0.212. The van der Waals surface area contributed by atoms with E-state index in [4.69, 9.17) is 44.9 Å². The Balaban J connectivity index is 1.32. The second-order valence-corrected chi connectivity index (χ2v) is 10.0. The Kier molecular flexibility index (Phi) is 8.50. The van der Waals surface area contributed by atoms with Gasteiger partial charge < -0.3 is 20.1 Å². The van der Waals surface area contributed by atoms with Gasteiger partial charge in [-0.3, -0.25) is 14.9 Å². The minimum absolute atomic E-state index is 0.106. The number of fused-ring (bicyclic) bond motifs is 1. The van der Waals surface area contributed by atoms with Crippen LogP contribution in [-0.4, -0.2) is 30.1 Å². The molecule has 0 aliphatic carbocycles. The van der Waals surface area contributed by atoms with E-state index in [0.29, 0.717) is 37.8 Å². The average molecular weight is 575 g/mol. The van der Waals surface area contributed by atoms with Crippen molar-refractivity contribution in [1.29, 1.82) is 0 Å². The summed E-state index contributed by atoms with van der Waals surface area (Å²) in [6, 6.07) is 19.2. The van der Waals surface area contributed by atoms with Crippen molar-refractivity contribution in [2.75, 3.05) is 17.7 Å². The minimum atomic E-state index is -0.762. The number of thiophene rings is 1. The highest BCUT2D eigenvalue weighted by Crippen LogP contribution is 2.37. The van der Waals surface area contributed by atoms with E-state index in [0.717, 1.165) is 10.1 Å². The first-order valence-corrected chi connectivity index (χ1v) is 12.9. The zero-order valence-electron chi connectivity index (χ0n) is 19.6. The molecule has 4 aromatic rings. The molecule has 0 aliphatic rings. The molecule has 0 aliphatic heterocycles. The highest BCUT2D eigenvalue weighted by molar-refractivity contribution is 7.80. The Bertz CT molecular complexity index is 1470. The van der Waals surface area contributed by atoms with Gasteiger partial charge in [-0.2, -0.15) is 0 Å². The van der Waals surface area contributed by atoms with E-state index in [2.05, 4.69) is 16.0 Å². The number of benzene rings is 3. The van der Waals surface area contributed by atoms with Crippen LogP contribution in [0.4, 0.5) is 11.4 Å². The molecule has 2 amide bonds. The monoisotopic (exact) mass is 573 g/mol. The summed E-state index contributed by atoms with van der Waals surface area (Å²) in [5.41, 5.74) is 1.18. The lowest BCUT2D eigenvalue weighted by Gasteiger charge is -2.16. The van der Waals surface area contributed by atoms with Gasteiger partial charge in [-0.25, -0.2) is 0 Å². The van der Waals surface area contributed by atoms with Crippen molar-refractivity contribution < 1.29 is 19.1 Å². The van der Waals surface area contributed by atoms with E-state index in [1.165, 1.54) is 11.3 Å². The van der Waals surface area contributed by atoms with Gasteiger partial charge in [0.25, 0.3) is 11.8 Å². The molecule has 37 heavy (non-hydrogen) atoms. The van der Waals surface area contributed by atoms with Crippen molar-refractivity contribution in [3.05, 3.63) is 81.7 Å². The number of amides is 2. The molecule has 1 aromatic heterocycles. The largest absolute Gasteiger partial charge is 0.497 e. The molecule has 0 bridgehead atoms. The number of hydrogen-bond donors (Lipinski definition) is 3. The van der Waals surface area contributed by atoms with E-state index in [9.17, 15) is 9.59 Å². The van der Waals surface area contributed by atoms with Gasteiger partial charge in [-0.05, 0) is 73.7 Å². The lowest BCUT2D eigenvalue weighted by atomic mass is 10.2. The van der Waals surface area contributed by atoms with E-state index in [1.807, 2.05) is 12.1 Å². The maximum absolute atomic E-state index is 12.8. The number of anilines is 2. The summed E-state index contributed by atoms with van der Waals surface area (Å²) in [6.07, 6.45) is -0.762. The molecule has 0 saturated carbocycles. The zero-order chi connectivity index (χ0) is 26.5. The van der Waals surface area contributed by atoms with Gasteiger partial charge in [-0.1, -0.05) is 35.3 Å². The number of ether oxygens (including phenoxy) is 2. The summed E-state index contributed by atoms with van der Waals surface area (Å²) in [5, 5.41) is 10.0. The molecule has 0 spiro atoms. The molecule has 1 unspecified atom stereocenters. The van der Waals surface area contributed by atoms with E-state index in [-0.39, 0.29) is 11.0 Å². The molecule has 190 valence electrons. The van der Waals surface area contributed by atoms with E-state index < -0.39 is 12.0 Å². The molecule has 3 N–H and O–H groups in total. The predicted octanol–water partition coefficient (Wildman–Crippen LogP) is 6.75. The Morgan fingerprint density at radius 2 is 1.65 bits per heavy atom. The maximum Gasteiger partial charge on any atom is 0.269 e. The van der Waals surface area contributed by atoms with Crippen molar-refractivity contribution in [2.45, 2.75) is 13.0 Å². The van der Waals surface area contributed by atoms with Crippen LogP contribution in [0, 0.1) is 0 Å². The fraction of sp³-hybridized carbons (Fsp3) is 0.115. The summed E-state index contributed by atoms with van der Waals surface area (Å²) in [4.78, 5) is 25.6. The molecule has 1 atom stereocenters. The third-order valence-corrected chi connectivity index (χ3v) is 7.36. The first kappa shape index (κ1) is 26.7. The summed E-state index contributed by atoms with van der Waals surface area (Å²) >= 11 is 19.0. The van der Waals surface area contributed by atoms with Crippen molar-refractivity contribution >= 4 is 85.1 Å². The molecular formula is C26H21Cl2N3O4S2. The highest BCUT2D eigenvalue weighted by Gasteiger charge is 2.19. The normalized spacial score (nSPS) is 11.5. The van der Waals surface area contributed by atoms with Crippen LogP contribution in [0.1, 0.15) is 16.6 Å². The Morgan fingerprint density at radius 3 is 2.32 bits per heavy atom. The van der Waals surface area contributed by atoms with Gasteiger partial charge in [0.1, 0.15) is 16.4 Å². The van der Waals surface area contributed by atoms with Crippen LogP contribution in [0.25, 0.3) is 10.1 Å². The van der Waals surface area contributed by atoms with Gasteiger partial charge in [0.05, 0.1) is 17.2 Å². The zero-order valence-corrected chi connectivity index (χ0v) is 22.8. The Labute approximate surface area is 232 Å². The lowest BCUT2D eigenvalue weighted by molar-refractivity contribution is -0.122. The van der Waals surface area contributed by atoms with Crippen molar-refractivity contribution in [1.82, 2.24) is 5.32 Å². The number of para-hydroxylation sites is 1. The molecule has 11 heteroatoms. The number of methoxy groups -OCH3 is 1. The summed E-state index contributed by atoms with van der Waals surface area (Å²) in [7, 11) is 1.58. The van der Waals surface area contributed by atoms with Crippen molar-refractivity contribution in [2.24, 2.45) is 0 Å². The third kappa shape index (κ3) is 6.50. The lowest BCUT2D eigenvalue weighted by Crippen LogP contribution is -2.33. The van der Waals surface area contributed by atoms with Gasteiger partial charge >= 0.3 is 0 Å². The van der Waals surface area contributed by atoms with Crippen molar-refractivity contribution in [3.8, 4) is 11.5 Å². The van der Waals surface area contributed by atoms with Gasteiger partial charge in [0.2, 0.25) is 0 Å². The second-order valence-electron chi connectivity index (χ2n) is 7.77. The molecule has 1 heterocycles. The Morgan fingerprint density at radius 1 is 0.973 bits per heavy atom. The molecular weight excluding hydrogens is 553 g/mol. The molecule has 0 saturated heterocycles. The van der Waals surface area contributed by atoms with E-state index >= 15 is 0 Å². The van der Waals surface area contributed by atoms with Crippen LogP contribution in [-0.2, 0) is 4.79 Å². The molecule has 7 nitrogen and oxygen atoms in total. The van der Waals surface area contributed by atoms with Crippen LogP contribution in [0.15, 0.2) is 66.7 Å². The minimum Gasteiger partial charge on any atom is -0.497 e. The topological polar surface area (TPSA) is 88.7 Å². The summed E-state index contributed by atoms with van der Waals surface area (Å²) in [5.74, 6) is 0.357. The molecule has 0 radical (unpaired) electrons. The Hall–Kier alpha value is -3.37. The number of halogens is 2. The number of thiocarbonyl (C=S) groups is 1. The average Bonchev–Trinajstić information content (AvgIpc) is 3.22. The maximum atomic E-state index is 12.8. The third-order valence-electron chi connectivity index (χ3n) is 5.19. The number of nitrogens with one attached hydrogen (secondary N) is 3. The van der Waals surface area contributed by atoms with E-state index in [1.54, 1.807) is 68.6 Å². The van der Waals surface area contributed by atoms with Crippen LogP contribution >= 0.6 is 46.8 Å². The number of carbonyl (C=O) groups excluding carboxylic acids is 2. The first-order valence-electron chi connectivity index (χ1n) is 11.0. The van der Waals surface area contributed by atoms with Crippen molar-refractivity contribution in [3.63, 3.8) is 0 Å². The van der Waals surface area contributed by atoms with Gasteiger partial charge in [0, 0.05) is 21.5 Å². The SMILES string of the molecule is COc1ccc2c(Cl)c(C(=O)NC(=S)Nc3ccc(NC(=O)C(C)Oc4ccccc4Cl)cc3)sc2c1. The fourth-order valence-electron chi connectivity index (χ4n) is 3.31. The number of rotatable bonds is 7. The summed E-state index contributed by atoms with van der Waals surface area (Å²) in [6.45, 7) is 1.63. The number of carbonyl (C=O) groups is 2. The fourth-order valence-corrected chi connectivity index (χ4v) is 5.14. The van der Waals surface area contributed by atoms with Crippen LogP contribution in [0.5, 0.6) is 11.5 Å². The molecule has 4 rings (SSSR count). The van der Waals surface area contributed by atoms with Crippen LogP contribution in [0.2, 0.25) is 10.0 Å². The predicted molar refractivity (Wildman–Crippen MR) is 154 cm³/mol. The van der Waals surface area contributed by atoms with Crippen LogP contribution in [0.3, 0.4) is 0 Å². The second kappa shape index (κ2) is 11.8. The van der Waals surface area contributed by atoms with Gasteiger partial charge in [0.15, 0.2) is 11.2 Å². The standard InChI is InChI=1S/C26H21Cl2N3O4S2/c1-14(35-20-6-4-3-5-19(20)27)24(32)29-15-7-9-16(10-8-15)30-26(36)31-25(33)23-22(28)18-12-11-17(34-2)13-21(18)37-23/h3-14H,1-2H3,(H,29,32)(H2,30,31,33,36). The smallest absolute Gasteiger partial charge is 0.269 e. The molecule has 3 aromatic carbocycles. The van der Waals surface area contributed by atoms with Crippen LogP contribution < -0.4 is 25.4 Å².